The highest BCUT2D eigenvalue weighted by molar-refractivity contribution is 5.88. The summed E-state index contributed by atoms with van der Waals surface area (Å²) >= 11 is 0. The summed E-state index contributed by atoms with van der Waals surface area (Å²) in [6.45, 7) is 7.02. The number of benzene rings is 2. The topological polar surface area (TPSA) is 94.8 Å². The van der Waals surface area contributed by atoms with Crippen LogP contribution < -0.4 is 15.7 Å². The third kappa shape index (κ3) is 5.73. The molecule has 1 aromatic heterocycles. The van der Waals surface area contributed by atoms with Crippen molar-refractivity contribution in [3.05, 3.63) is 75.1 Å². The number of hydrogen-bond acceptors (Lipinski definition) is 6. The molecule has 0 radical (unpaired) electrons. The molecule has 0 spiro atoms. The molecule has 0 unspecified atom stereocenters. The molecule has 1 aliphatic carbocycles. The van der Waals surface area contributed by atoms with Gasteiger partial charge in [0, 0.05) is 22.9 Å². The van der Waals surface area contributed by atoms with Crippen LogP contribution in [-0.2, 0) is 28.8 Å². The Kier molecular flexibility index (Phi) is 6.96. The summed E-state index contributed by atoms with van der Waals surface area (Å²) in [5, 5.41) is 3.52. The van der Waals surface area contributed by atoms with E-state index < -0.39 is 23.7 Å². The minimum absolute atomic E-state index is 0.230. The maximum atomic E-state index is 13.2. The molecule has 7 heteroatoms. The van der Waals surface area contributed by atoms with Crippen molar-refractivity contribution in [2.45, 2.75) is 71.4 Å². The van der Waals surface area contributed by atoms with Crippen molar-refractivity contribution >= 4 is 23.0 Å². The lowest BCUT2D eigenvalue weighted by atomic mass is 9.90. The first-order chi connectivity index (χ1) is 16.6. The molecule has 35 heavy (non-hydrogen) atoms. The SMILES string of the molecule is Cc1c(OC(=O)[C@@H](Cc2ccccc2)NC(=O)OC(C)(C)C)ccc2c3c(c(=O)oc12)CCCC3. The average Bonchev–Trinajstić information content (AvgIpc) is 2.80. The van der Waals surface area contributed by atoms with Crippen LogP contribution in [0.15, 0.2) is 51.7 Å². The summed E-state index contributed by atoms with van der Waals surface area (Å²) in [7, 11) is 0. The predicted molar refractivity (Wildman–Crippen MR) is 133 cm³/mol. The Morgan fingerprint density at radius 2 is 1.71 bits per heavy atom. The van der Waals surface area contributed by atoms with Gasteiger partial charge in [-0.25, -0.2) is 14.4 Å². The van der Waals surface area contributed by atoms with Crippen LogP contribution in [0, 0.1) is 6.92 Å². The Balaban J connectivity index is 1.62. The van der Waals surface area contributed by atoms with Gasteiger partial charge in [-0.05, 0) is 76.6 Å². The zero-order valence-electron chi connectivity index (χ0n) is 20.6. The van der Waals surface area contributed by atoms with Crippen LogP contribution in [0.3, 0.4) is 0 Å². The molecule has 7 nitrogen and oxygen atoms in total. The fourth-order valence-electron chi connectivity index (χ4n) is 4.41. The first-order valence-electron chi connectivity index (χ1n) is 12.0. The number of carbonyl (C=O) groups excluding carboxylic acids is 2. The summed E-state index contributed by atoms with van der Waals surface area (Å²) in [6.07, 6.45) is 3.08. The molecule has 0 fully saturated rings. The van der Waals surface area contributed by atoms with E-state index in [0.29, 0.717) is 11.1 Å². The molecule has 3 aromatic rings. The molecular formula is C28H31NO6. The van der Waals surface area contributed by atoms with Crippen molar-refractivity contribution in [3.63, 3.8) is 0 Å². The van der Waals surface area contributed by atoms with Gasteiger partial charge in [0.05, 0.1) is 0 Å². The highest BCUT2D eigenvalue weighted by atomic mass is 16.6. The number of aryl methyl sites for hydroxylation is 2. The number of alkyl carbamates (subject to hydrolysis) is 1. The second kappa shape index (κ2) is 9.94. The summed E-state index contributed by atoms with van der Waals surface area (Å²) in [5.41, 5.74) is 2.59. The molecule has 184 valence electrons. The van der Waals surface area contributed by atoms with Gasteiger partial charge in [0.2, 0.25) is 0 Å². The van der Waals surface area contributed by atoms with Crippen molar-refractivity contribution in [2.24, 2.45) is 0 Å². The van der Waals surface area contributed by atoms with E-state index in [1.165, 1.54) is 0 Å². The molecular weight excluding hydrogens is 446 g/mol. The van der Waals surface area contributed by atoms with E-state index in [1.807, 2.05) is 36.4 Å². The quantitative estimate of drug-likeness (QED) is 0.315. The molecule has 0 saturated carbocycles. The first-order valence-corrected chi connectivity index (χ1v) is 12.0. The minimum Gasteiger partial charge on any atom is -0.444 e. The van der Waals surface area contributed by atoms with Crippen molar-refractivity contribution in [3.8, 4) is 5.75 Å². The van der Waals surface area contributed by atoms with Crippen molar-refractivity contribution in [2.75, 3.05) is 0 Å². The Morgan fingerprint density at radius 1 is 1.03 bits per heavy atom. The van der Waals surface area contributed by atoms with Crippen LogP contribution in [0.25, 0.3) is 11.0 Å². The van der Waals surface area contributed by atoms with Crippen LogP contribution in [0.1, 0.15) is 55.9 Å². The maximum absolute atomic E-state index is 13.2. The lowest BCUT2D eigenvalue weighted by Crippen LogP contribution is -2.46. The Bertz CT molecular complexity index is 1300. The molecule has 1 aliphatic rings. The van der Waals surface area contributed by atoms with Gasteiger partial charge in [0.15, 0.2) is 0 Å². The van der Waals surface area contributed by atoms with Crippen molar-refractivity contribution in [1.82, 2.24) is 5.32 Å². The maximum Gasteiger partial charge on any atom is 0.408 e. The standard InChI is InChI=1S/C28H31NO6/c1-17-23(15-14-20-19-12-8-9-13-21(19)25(30)34-24(17)20)33-26(31)22(16-18-10-6-5-7-11-18)29-27(32)35-28(2,3)4/h5-7,10-11,14-15,22H,8-9,12-13,16H2,1-4H3,(H,29,32)/t22-/m1/s1. The highest BCUT2D eigenvalue weighted by Gasteiger charge is 2.28. The van der Waals surface area contributed by atoms with Gasteiger partial charge in [0.1, 0.15) is 23.0 Å². The van der Waals surface area contributed by atoms with Crippen LogP contribution in [0.5, 0.6) is 5.75 Å². The molecule has 4 rings (SSSR count). The average molecular weight is 478 g/mol. The molecule has 1 atom stereocenters. The normalized spacial score (nSPS) is 14.2. The summed E-state index contributed by atoms with van der Waals surface area (Å²) in [6, 6.07) is 11.9. The molecule has 0 saturated heterocycles. The third-order valence-electron chi connectivity index (χ3n) is 6.06. The number of carbonyl (C=O) groups is 2. The first kappa shape index (κ1) is 24.5. The second-order valence-corrected chi connectivity index (χ2v) is 9.93. The molecule has 1 N–H and O–H groups in total. The van der Waals surface area contributed by atoms with E-state index in [0.717, 1.165) is 47.8 Å². The fourth-order valence-corrected chi connectivity index (χ4v) is 4.41. The number of nitrogens with one attached hydrogen (secondary N) is 1. The van der Waals surface area contributed by atoms with Crippen molar-refractivity contribution in [1.29, 1.82) is 0 Å². The van der Waals surface area contributed by atoms with Gasteiger partial charge < -0.3 is 19.2 Å². The number of hydrogen-bond donors (Lipinski definition) is 1. The minimum atomic E-state index is -0.974. The van der Waals surface area contributed by atoms with E-state index in [2.05, 4.69) is 5.32 Å². The lowest BCUT2D eigenvalue weighted by Gasteiger charge is -2.23. The largest absolute Gasteiger partial charge is 0.444 e. The monoisotopic (exact) mass is 477 g/mol. The van der Waals surface area contributed by atoms with Crippen LogP contribution in [-0.4, -0.2) is 23.7 Å². The van der Waals surface area contributed by atoms with Gasteiger partial charge in [-0.1, -0.05) is 30.3 Å². The number of esters is 1. The summed E-state index contributed by atoms with van der Waals surface area (Å²) in [4.78, 5) is 38.2. The van der Waals surface area contributed by atoms with Crippen LogP contribution in [0.4, 0.5) is 4.79 Å². The zero-order chi connectivity index (χ0) is 25.2. The third-order valence-corrected chi connectivity index (χ3v) is 6.06. The van der Waals surface area contributed by atoms with E-state index in [9.17, 15) is 14.4 Å². The van der Waals surface area contributed by atoms with Gasteiger partial charge >= 0.3 is 17.7 Å². The van der Waals surface area contributed by atoms with Crippen molar-refractivity contribution < 1.29 is 23.5 Å². The van der Waals surface area contributed by atoms with Gasteiger partial charge in [0.25, 0.3) is 0 Å². The highest BCUT2D eigenvalue weighted by Crippen LogP contribution is 2.32. The number of rotatable bonds is 5. The summed E-state index contributed by atoms with van der Waals surface area (Å²) < 4.78 is 16.7. The molecule has 0 bridgehead atoms. The number of fused-ring (bicyclic) bond motifs is 3. The van der Waals surface area contributed by atoms with E-state index in [1.54, 1.807) is 33.8 Å². The molecule has 1 heterocycles. The van der Waals surface area contributed by atoms with E-state index >= 15 is 0 Å². The fraction of sp³-hybridized carbons (Fsp3) is 0.393. The van der Waals surface area contributed by atoms with E-state index in [-0.39, 0.29) is 17.8 Å². The zero-order valence-corrected chi connectivity index (χ0v) is 20.6. The lowest BCUT2D eigenvalue weighted by molar-refractivity contribution is -0.136. The Morgan fingerprint density at radius 3 is 2.40 bits per heavy atom. The van der Waals surface area contributed by atoms with Crippen LogP contribution >= 0.6 is 0 Å². The Hall–Kier alpha value is -3.61. The van der Waals surface area contributed by atoms with Crippen LogP contribution in [0.2, 0.25) is 0 Å². The second-order valence-electron chi connectivity index (χ2n) is 9.93. The van der Waals surface area contributed by atoms with Gasteiger partial charge in [-0.2, -0.15) is 0 Å². The Labute approximate surface area is 204 Å². The molecule has 0 aliphatic heterocycles. The molecule has 2 aromatic carbocycles. The van der Waals surface area contributed by atoms with E-state index in [4.69, 9.17) is 13.9 Å². The smallest absolute Gasteiger partial charge is 0.408 e. The number of ether oxygens (including phenoxy) is 2. The van der Waals surface area contributed by atoms with Gasteiger partial charge in [-0.15, -0.1) is 0 Å². The summed E-state index contributed by atoms with van der Waals surface area (Å²) in [5.74, 6) is -0.354. The van der Waals surface area contributed by atoms with Gasteiger partial charge in [-0.3, -0.25) is 0 Å². The number of amides is 1. The predicted octanol–water partition coefficient (Wildman–Crippen LogP) is 5.02. The molecule has 1 amide bonds.